The third-order valence-electron chi connectivity index (χ3n) is 7.85. The second-order valence-electron chi connectivity index (χ2n) is 11.8. The highest BCUT2D eigenvalue weighted by Gasteiger charge is 2.39. The molecule has 0 saturated carbocycles. The second-order valence-corrected chi connectivity index (χ2v) is 11.8. The number of rotatable bonds is 8. The largest absolute Gasteiger partial charge is 0.493 e. The fourth-order valence-corrected chi connectivity index (χ4v) is 5.57. The van der Waals surface area contributed by atoms with Gasteiger partial charge in [-0.15, -0.1) is 0 Å². The Morgan fingerprint density at radius 3 is 2.12 bits per heavy atom. The number of ketones is 1. The molecule has 1 aliphatic rings. The van der Waals surface area contributed by atoms with Crippen LogP contribution in [-0.2, 0) is 12.0 Å². The molecule has 0 fully saturated rings. The van der Waals surface area contributed by atoms with E-state index in [1.54, 1.807) is 36.4 Å². The molecule has 0 saturated heterocycles. The molecule has 222 valence electrons. The van der Waals surface area contributed by atoms with Crippen LogP contribution in [0.4, 0.5) is 17.6 Å². The lowest BCUT2D eigenvalue weighted by Crippen LogP contribution is -2.21. The van der Waals surface area contributed by atoms with E-state index < -0.39 is 46.5 Å². The van der Waals surface area contributed by atoms with Gasteiger partial charge in [0, 0.05) is 29.5 Å². The van der Waals surface area contributed by atoms with Crippen molar-refractivity contribution in [3.05, 3.63) is 136 Å². The number of para-hydroxylation sites is 1. The Morgan fingerprint density at radius 2 is 1.51 bits per heavy atom. The van der Waals surface area contributed by atoms with E-state index in [1.165, 1.54) is 24.8 Å². The lowest BCUT2D eigenvalue weighted by atomic mass is 9.82. The monoisotopic (exact) mass is 588 g/mol. The van der Waals surface area contributed by atoms with Crippen LogP contribution < -0.4 is 9.47 Å². The zero-order chi connectivity index (χ0) is 30.9. The number of methoxy groups -OCH3 is 1. The van der Waals surface area contributed by atoms with Gasteiger partial charge in [-0.25, -0.2) is 17.6 Å². The smallest absolute Gasteiger partial charge is 0.176 e. The second kappa shape index (κ2) is 12.1. The molecule has 1 unspecified atom stereocenters. The SMILES string of the molecule is COc1c(OCc2ccc(C(C)(C)C)cc2)cccc1[C@H]1CC(c2ccc(F)cc2)=CC1C(=O)c1c(F)cc(F)cc1F. The minimum Gasteiger partial charge on any atom is -0.493 e. The Morgan fingerprint density at radius 1 is 0.860 bits per heavy atom. The van der Waals surface area contributed by atoms with E-state index >= 15 is 0 Å². The summed E-state index contributed by atoms with van der Waals surface area (Å²) in [6, 6.07) is 20.2. The van der Waals surface area contributed by atoms with E-state index in [-0.39, 0.29) is 12.0 Å². The zero-order valence-electron chi connectivity index (χ0n) is 24.4. The summed E-state index contributed by atoms with van der Waals surface area (Å²) in [7, 11) is 1.49. The minimum atomic E-state index is -1.27. The Labute approximate surface area is 248 Å². The van der Waals surface area contributed by atoms with E-state index in [4.69, 9.17) is 9.47 Å². The lowest BCUT2D eigenvalue weighted by Gasteiger charge is -2.23. The number of halogens is 4. The van der Waals surface area contributed by atoms with Crippen LogP contribution in [0.2, 0.25) is 0 Å². The Kier molecular flexibility index (Phi) is 8.45. The maximum absolute atomic E-state index is 14.8. The summed E-state index contributed by atoms with van der Waals surface area (Å²) in [5.74, 6) is -5.67. The molecule has 3 nitrogen and oxygen atoms in total. The lowest BCUT2D eigenvalue weighted by molar-refractivity contribution is 0.0925. The first kappa shape index (κ1) is 30.1. The number of allylic oxidation sites excluding steroid dienone is 2. The van der Waals surface area contributed by atoms with Gasteiger partial charge in [0.1, 0.15) is 29.9 Å². The van der Waals surface area contributed by atoms with E-state index in [9.17, 15) is 22.4 Å². The number of carbonyl (C=O) groups excluding carboxylic acids is 1. The Hall–Kier alpha value is -4.39. The van der Waals surface area contributed by atoms with Gasteiger partial charge in [-0.2, -0.15) is 0 Å². The standard InChI is InChI=1S/C36H32F4O3/c1-36(2,3)24-12-8-21(9-13-24)20-43-32-7-5-6-27(35(32)42-4)28-16-23(22-10-14-25(37)15-11-22)17-29(28)34(41)33-30(39)18-26(38)19-31(33)40/h5-15,17-19,28-29H,16,20H2,1-4H3/t28-,29?/m1/s1. The normalized spacial score (nSPS) is 16.6. The Bertz CT molecular complexity index is 1650. The molecule has 0 aliphatic heterocycles. The summed E-state index contributed by atoms with van der Waals surface area (Å²) in [6.07, 6.45) is 1.95. The number of ether oxygens (including phenoxy) is 2. The first-order chi connectivity index (χ1) is 20.5. The van der Waals surface area contributed by atoms with Crippen molar-refractivity contribution in [1.82, 2.24) is 0 Å². The fourth-order valence-electron chi connectivity index (χ4n) is 5.57. The third-order valence-corrected chi connectivity index (χ3v) is 7.85. The number of hydrogen-bond donors (Lipinski definition) is 0. The summed E-state index contributed by atoms with van der Waals surface area (Å²) >= 11 is 0. The van der Waals surface area contributed by atoms with E-state index in [1.807, 2.05) is 12.1 Å². The summed E-state index contributed by atoms with van der Waals surface area (Å²) < 4.78 is 68.8. The molecule has 1 aliphatic carbocycles. The molecule has 0 aromatic heterocycles. The highest BCUT2D eigenvalue weighted by atomic mass is 19.1. The molecule has 4 aromatic carbocycles. The number of benzene rings is 4. The maximum Gasteiger partial charge on any atom is 0.176 e. The topological polar surface area (TPSA) is 35.5 Å². The molecule has 7 heteroatoms. The number of Topliss-reactive ketones (excluding diaryl/α,β-unsaturated/α-hetero) is 1. The fraction of sp³-hybridized carbons (Fsp3) is 0.250. The molecular weight excluding hydrogens is 556 g/mol. The van der Waals surface area contributed by atoms with Crippen molar-refractivity contribution in [2.45, 2.75) is 45.1 Å². The van der Waals surface area contributed by atoms with Crippen molar-refractivity contribution in [2.75, 3.05) is 7.11 Å². The van der Waals surface area contributed by atoms with Crippen molar-refractivity contribution >= 4 is 11.4 Å². The summed E-state index contributed by atoms with van der Waals surface area (Å²) in [6.45, 7) is 6.70. The van der Waals surface area contributed by atoms with Gasteiger partial charge < -0.3 is 9.47 Å². The third kappa shape index (κ3) is 6.36. The highest BCUT2D eigenvalue weighted by Crippen LogP contribution is 2.49. The van der Waals surface area contributed by atoms with Crippen LogP contribution in [0.5, 0.6) is 11.5 Å². The molecule has 0 heterocycles. The first-order valence-corrected chi connectivity index (χ1v) is 14.0. The van der Waals surface area contributed by atoms with Gasteiger partial charge in [-0.3, -0.25) is 4.79 Å². The molecular formula is C36H32F4O3. The van der Waals surface area contributed by atoms with E-state index in [0.29, 0.717) is 46.8 Å². The average molecular weight is 589 g/mol. The van der Waals surface area contributed by atoms with Crippen molar-refractivity contribution in [2.24, 2.45) is 5.92 Å². The molecule has 0 amide bonds. The van der Waals surface area contributed by atoms with Gasteiger partial charge in [-0.1, -0.05) is 75.4 Å². The minimum absolute atomic E-state index is 0.0206. The van der Waals surface area contributed by atoms with E-state index in [0.717, 1.165) is 5.56 Å². The van der Waals surface area contributed by atoms with Crippen LogP contribution >= 0.6 is 0 Å². The molecule has 2 atom stereocenters. The predicted molar refractivity (Wildman–Crippen MR) is 158 cm³/mol. The van der Waals surface area contributed by atoms with Crippen molar-refractivity contribution < 1.29 is 31.8 Å². The van der Waals surface area contributed by atoms with Crippen LogP contribution in [0.25, 0.3) is 5.57 Å². The summed E-state index contributed by atoms with van der Waals surface area (Å²) in [5.41, 5.74) is 3.36. The molecule has 43 heavy (non-hydrogen) atoms. The van der Waals surface area contributed by atoms with Crippen LogP contribution in [0.1, 0.15) is 65.7 Å². The summed E-state index contributed by atoms with van der Waals surface area (Å²) in [4.78, 5) is 13.7. The van der Waals surface area contributed by atoms with Gasteiger partial charge in [0.05, 0.1) is 12.7 Å². The van der Waals surface area contributed by atoms with Crippen LogP contribution in [0.3, 0.4) is 0 Å². The predicted octanol–water partition coefficient (Wildman–Crippen LogP) is 9.20. The van der Waals surface area contributed by atoms with Crippen LogP contribution in [-0.4, -0.2) is 12.9 Å². The summed E-state index contributed by atoms with van der Waals surface area (Å²) in [5, 5.41) is 0. The van der Waals surface area contributed by atoms with Gasteiger partial charge in [0.2, 0.25) is 0 Å². The zero-order valence-corrected chi connectivity index (χ0v) is 24.4. The molecule has 0 spiro atoms. The molecule has 0 N–H and O–H groups in total. The molecule has 0 bridgehead atoms. The van der Waals surface area contributed by atoms with Crippen molar-refractivity contribution in [3.8, 4) is 11.5 Å². The average Bonchev–Trinajstić information content (AvgIpc) is 3.41. The molecule has 5 rings (SSSR count). The van der Waals surface area contributed by atoms with Crippen molar-refractivity contribution in [3.63, 3.8) is 0 Å². The first-order valence-electron chi connectivity index (χ1n) is 14.0. The van der Waals surface area contributed by atoms with Crippen LogP contribution in [0, 0.1) is 29.2 Å². The Balaban J connectivity index is 1.50. The van der Waals surface area contributed by atoms with E-state index in [2.05, 4.69) is 32.9 Å². The van der Waals surface area contributed by atoms with Gasteiger partial charge in [-0.05, 0) is 52.3 Å². The maximum atomic E-state index is 14.8. The highest BCUT2D eigenvalue weighted by molar-refractivity contribution is 6.02. The number of carbonyl (C=O) groups is 1. The molecule has 4 aromatic rings. The van der Waals surface area contributed by atoms with Gasteiger partial charge in [0.25, 0.3) is 0 Å². The molecule has 0 radical (unpaired) electrons. The van der Waals surface area contributed by atoms with Crippen LogP contribution in [0.15, 0.2) is 84.9 Å². The number of hydrogen-bond acceptors (Lipinski definition) is 3. The van der Waals surface area contributed by atoms with Gasteiger partial charge in [0.15, 0.2) is 17.3 Å². The van der Waals surface area contributed by atoms with Crippen molar-refractivity contribution in [1.29, 1.82) is 0 Å². The van der Waals surface area contributed by atoms with Gasteiger partial charge >= 0.3 is 0 Å². The quantitative estimate of drug-likeness (QED) is 0.152.